The topological polar surface area (TPSA) is 78.8 Å². The number of anilines is 1. The van der Waals surface area contributed by atoms with Gasteiger partial charge in [0.15, 0.2) is 5.82 Å². The van der Waals surface area contributed by atoms with Gasteiger partial charge in [0.2, 0.25) is 0 Å². The van der Waals surface area contributed by atoms with Crippen LogP contribution in [0.3, 0.4) is 0 Å². The second kappa shape index (κ2) is 4.72. The second-order valence-electron chi connectivity index (χ2n) is 6.15. The third kappa shape index (κ3) is 1.97. The van der Waals surface area contributed by atoms with E-state index in [0.29, 0.717) is 17.6 Å². The Morgan fingerprint density at radius 1 is 1.29 bits per heavy atom. The van der Waals surface area contributed by atoms with Crippen LogP contribution in [-0.4, -0.2) is 27.3 Å². The minimum absolute atomic E-state index is 0.417. The van der Waals surface area contributed by atoms with Crippen molar-refractivity contribution < 1.29 is 4.74 Å². The number of rotatable bonds is 3. The number of benzene rings is 1. The summed E-state index contributed by atoms with van der Waals surface area (Å²) in [5, 5.41) is 12.4. The molecule has 2 aliphatic rings. The van der Waals surface area contributed by atoms with E-state index in [1.807, 2.05) is 22.9 Å². The molecule has 6 heteroatoms. The number of hydrogen-bond donors (Lipinski definition) is 1. The molecule has 2 N–H and O–H groups in total. The minimum Gasteiger partial charge on any atom is -0.496 e. The number of nitrogens with two attached hydrogens (primary N) is 1. The largest absolute Gasteiger partial charge is 0.496 e. The molecular formula is C15H19N5O. The molecule has 3 unspecified atom stereocenters. The van der Waals surface area contributed by atoms with Crippen molar-refractivity contribution in [1.29, 1.82) is 0 Å². The Kier molecular flexibility index (Phi) is 2.83. The summed E-state index contributed by atoms with van der Waals surface area (Å²) in [6.07, 6.45) is 5.16. The number of methoxy groups -OCH3 is 1. The fraction of sp³-hybridized carbons (Fsp3) is 0.533. The van der Waals surface area contributed by atoms with Gasteiger partial charge in [0.05, 0.1) is 18.7 Å². The summed E-state index contributed by atoms with van der Waals surface area (Å²) in [5.74, 6) is 3.07. The highest BCUT2D eigenvalue weighted by Crippen LogP contribution is 2.51. The third-order valence-electron chi connectivity index (χ3n) is 4.97. The van der Waals surface area contributed by atoms with Crippen LogP contribution in [0.25, 0.3) is 11.4 Å². The highest BCUT2D eigenvalue weighted by molar-refractivity contribution is 5.68. The molecule has 6 nitrogen and oxygen atoms in total. The molecule has 2 fully saturated rings. The molecule has 21 heavy (non-hydrogen) atoms. The van der Waals surface area contributed by atoms with Crippen LogP contribution in [0.1, 0.15) is 31.7 Å². The van der Waals surface area contributed by atoms with Gasteiger partial charge in [0.25, 0.3) is 0 Å². The van der Waals surface area contributed by atoms with E-state index in [9.17, 15) is 0 Å². The van der Waals surface area contributed by atoms with Crippen molar-refractivity contribution in [3.8, 4) is 17.1 Å². The molecule has 0 radical (unpaired) electrons. The molecule has 2 aliphatic carbocycles. The maximum Gasteiger partial charge on any atom is 0.186 e. The molecule has 0 amide bonds. The zero-order valence-corrected chi connectivity index (χ0v) is 12.1. The Balaban J connectivity index is 1.77. The molecule has 0 aliphatic heterocycles. The van der Waals surface area contributed by atoms with E-state index in [-0.39, 0.29) is 0 Å². The SMILES string of the molecule is COc1ccc(N)cc1-c1nnnn1C1CC2CCC1C2. The van der Waals surface area contributed by atoms with E-state index in [1.54, 1.807) is 7.11 Å². The standard InChI is InChI=1S/C15H19N5O/c1-21-14-5-4-11(16)8-12(14)15-17-18-19-20(15)13-7-9-2-3-10(13)6-9/h4-5,8-10,13H,2-3,6-7,16H2,1H3. The van der Waals surface area contributed by atoms with Crippen molar-refractivity contribution in [1.82, 2.24) is 20.2 Å². The van der Waals surface area contributed by atoms with Crippen LogP contribution >= 0.6 is 0 Å². The summed E-state index contributed by atoms with van der Waals surface area (Å²) >= 11 is 0. The monoisotopic (exact) mass is 285 g/mol. The maximum atomic E-state index is 5.92. The Morgan fingerprint density at radius 2 is 2.19 bits per heavy atom. The average Bonchev–Trinajstić information content (AvgIpc) is 3.22. The second-order valence-corrected chi connectivity index (χ2v) is 6.15. The van der Waals surface area contributed by atoms with E-state index >= 15 is 0 Å². The Labute approximate surface area is 123 Å². The van der Waals surface area contributed by atoms with E-state index < -0.39 is 0 Å². The van der Waals surface area contributed by atoms with Crippen LogP contribution in [0.4, 0.5) is 5.69 Å². The molecule has 2 aromatic rings. The fourth-order valence-electron chi connectivity index (χ4n) is 4.01. The number of nitrogens with zero attached hydrogens (tertiary/aromatic N) is 4. The summed E-state index contributed by atoms with van der Waals surface area (Å²) in [7, 11) is 1.65. The summed E-state index contributed by atoms with van der Waals surface area (Å²) in [6, 6.07) is 5.99. The van der Waals surface area contributed by atoms with Crippen LogP contribution in [0.5, 0.6) is 5.75 Å². The predicted molar refractivity (Wildman–Crippen MR) is 78.7 cm³/mol. The van der Waals surface area contributed by atoms with E-state index in [2.05, 4.69) is 15.5 Å². The van der Waals surface area contributed by atoms with Gasteiger partial charge in [-0.15, -0.1) is 5.10 Å². The molecule has 2 saturated carbocycles. The first-order chi connectivity index (χ1) is 10.3. The number of fused-ring (bicyclic) bond motifs is 2. The molecule has 0 spiro atoms. The average molecular weight is 285 g/mol. The highest BCUT2D eigenvalue weighted by atomic mass is 16.5. The molecule has 3 atom stereocenters. The molecule has 1 aromatic carbocycles. The summed E-state index contributed by atoms with van der Waals surface area (Å²) in [4.78, 5) is 0. The Bertz CT molecular complexity index is 668. The van der Waals surface area contributed by atoms with Crippen molar-refractivity contribution in [3.05, 3.63) is 18.2 Å². The van der Waals surface area contributed by atoms with Crippen LogP contribution in [0.15, 0.2) is 18.2 Å². The zero-order valence-electron chi connectivity index (χ0n) is 12.1. The van der Waals surface area contributed by atoms with Gasteiger partial charge in [-0.2, -0.15) is 0 Å². The molecule has 1 aromatic heterocycles. The lowest BCUT2D eigenvalue weighted by atomic mass is 9.95. The van der Waals surface area contributed by atoms with Gasteiger partial charge in [-0.25, -0.2) is 4.68 Å². The van der Waals surface area contributed by atoms with Crippen molar-refractivity contribution >= 4 is 5.69 Å². The van der Waals surface area contributed by atoms with Gasteiger partial charge in [-0.05, 0) is 59.7 Å². The molecule has 2 bridgehead atoms. The van der Waals surface area contributed by atoms with Crippen molar-refractivity contribution in [2.24, 2.45) is 11.8 Å². The number of ether oxygens (including phenoxy) is 1. The van der Waals surface area contributed by atoms with Crippen molar-refractivity contribution in [3.63, 3.8) is 0 Å². The van der Waals surface area contributed by atoms with Gasteiger partial charge >= 0.3 is 0 Å². The number of tetrazole rings is 1. The van der Waals surface area contributed by atoms with Crippen LogP contribution in [-0.2, 0) is 0 Å². The molecule has 0 saturated heterocycles. The lowest BCUT2D eigenvalue weighted by molar-refractivity contribution is 0.304. The summed E-state index contributed by atoms with van der Waals surface area (Å²) < 4.78 is 7.43. The first-order valence-corrected chi connectivity index (χ1v) is 7.48. The van der Waals surface area contributed by atoms with Gasteiger partial charge in [-0.1, -0.05) is 6.42 Å². The third-order valence-corrected chi connectivity index (χ3v) is 4.97. The minimum atomic E-state index is 0.417. The van der Waals surface area contributed by atoms with Gasteiger partial charge in [-0.3, -0.25) is 0 Å². The Hall–Kier alpha value is -2.11. The first kappa shape index (κ1) is 12.6. The smallest absolute Gasteiger partial charge is 0.186 e. The van der Waals surface area contributed by atoms with Crippen LogP contribution in [0.2, 0.25) is 0 Å². The molecule has 1 heterocycles. The summed E-state index contributed by atoms with van der Waals surface area (Å²) in [5.41, 5.74) is 7.47. The van der Waals surface area contributed by atoms with Crippen molar-refractivity contribution in [2.45, 2.75) is 31.7 Å². The van der Waals surface area contributed by atoms with E-state index in [0.717, 1.165) is 23.1 Å². The maximum absolute atomic E-state index is 5.92. The van der Waals surface area contributed by atoms with Crippen LogP contribution < -0.4 is 10.5 Å². The number of hydrogen-bond acceptors (Lipinski definition) is 5. The van der Waals surface area contributed by atoms with E-state index in [4.69, 9.17) is 10.5 Å². The van der Waals surface area contributed by atoms with Gasteiger partial charge in [0, 0.05) is 5.69 Å². The summed E-state index contributed by atoms with van der Waals surface area (Å²) in [6.45, 7) is 0. The predicted octanol–water partition coefficient (Wildman–Crippen LogP) is 2.29. The van der Waals surface area contributed by atoms with Crippen molar-refractivity contribution in [2.75, 3.05) is 12.8 Å². The quantitative estimate of drug-likeness (QED) is 0.875. The number of nitrogen functional groups attached to an aromatic ring is 1. The van der Waals surface area contributed by atoms with Gasteiger partial charge < -0.3 is 10.5 Å². The lowest BCUT2D eigenvalue weighted by Crippen LogP contribution is -2.18. The molecular weight excluding hydrogens is 266 g/mol. The van der Waals surface area contributed by atoms with Gasteiger partial charge in [0.1, 0.15) is 5.75 Å². The van der Waals surface area contributed by atoms with Crippen LogP contribution in [0, 0.1) is 11.8 Å². The highest BCUT2D eigenvalue weighted by Gasteiger charge is 2.42. The zero-order chi connectivity index (χ0) is 14.4. The van der Waals surface area contributed by atoms with E-state index in [1.165, 1.54) is 25.7 Å². The fourth-order valence-corrected chi connectivity index (χ4v) is 4.01. The Morgan fingerprint density at radius 3 is 2.90 bits per heavy atom. The normalized spacial score (nSPS) is 27.2. The molecule has 110 valence electrons. The molecule has 4 rings (SSSR count). The number of aromatic nitrogens is 4. The first-order valence-electron chi connectivity index (χ1n) is 7.48. The lowest BCUT2D eigenvalue weighted by Gasteiger charge is -2.22.